The van der Waals surface area contributed by atoms with Crippen LogP contribution in [0.3, 0.4) is 0 Å². The highest BCUT2D eigenvalue weighted by molar-refractivity contribution is 5.85. The van der Waals surface area contributed by atoms with E-state index in [2.05, 4.69) is 4.99 Å². The predicted molar refractivity (Wildman–Crippen MR) is 38.9 cm³/mol. The highest BCUT2D eigenvalue weighted by Gasteiger charge is 2.02. The first-order chi connectivity index (χ1) is 3.93. The molecule has 0 saturated heterocycles. The number of aliphatic imine (C=N–C) groups is 1. The Kier molecular flexibility index (Phi) is 4.44. The van der Waals surface area contributed by atoms with Crippen LogP contribution >= 0.6 is 12.4 Å². The molecule has 1 heterocycles. The molecule has 0 aromatic heterocycles. The molecule has 4 heteroatoms. The zero-order chi connectivity index (χ0) is 5.82. The summed E-state index contributed by atoms with van der Waals surface area (Å²) < 4.78 is 0. The van der Waals surface area contributed by atoms with Gasteiger partial charge < -0.3 is 0 Å². The van der Waals surface area contributed by atoms with E-state index in [-0.39, 0.29) is 12.4 Å². The molecule has 54 valence electrons. The number of hydrogen-bond donors (Lipinski definition) is 0. The van der Waals surface area contributed by atoms with Gasteiger partial charge in [-0.15, -0.1) is 12.4 Å². The first kappa shape index (κ1) is 8.72. The maximum atomic E-state index is 5.09. The van der Waals surface area contributed by atoms with Gasteiger partial charge in [-0.3, -0.25) is 9.83 Å². The Balaban J connectivity index is 0.000000640. The Bertz CT molecular complexity index is 97.0. The topological polar surface area (TPSA) is 24.8 Å². The molecule has 1 aliphatic rings. The van der Waals surface area contributed by atoms with E-state index in [9.17, 15) is 0 Å². The van der Waals surface area contributed by atoms with E-state index < -0.39 is 0 Å². The molecule has 1 aliphatic heterocycles. The maximum absolute atomic E-state index is 5.09. The minimum absolute atomic E-state index is 0. The second-order valence-electron chi connectivity index (χ2n) is 1.58. The van der Waals surface area contributed by atoms with Crippen LogP contribution in [0.2, 0.25) is 0 Å². The summed E-state index contributed by atoms with van der Waals surface area (Å²) in [5, 5.41) is 1.75. The summed E-state index contributed by atoms with van der Waals surface area (Å²) in [5.41, 5.74) is 0. The summed E-state index contributed by atoms with van der Waals surface area (Å²) >= 11 is 0. The predicted octanol–water partition coefficient (Wildman–Crippen LogP) is 0.704. The summed E-state index contributed by atoms with van der Waals surface area (Å²) in [6.07, 6.45) is 1.73. The van der Waals surface area contributed by atoms with Crippen molar-refractivity contribution in [2.75, 3.05) is 19.7 Å². The fourth-order valence-corrected chi connectivity index (χ4v) is 0.627. The molecule has 9 heavy (non-hydrogen) atoms. The van der Waals surface area contributed by atoms with Gasteiger partial charge in [0.05, 0.1) is 19.7 Å². The molecular weight excluding hydrogens is 140 g/mol. The zero-order valence-corrected chi connectivity index (χ0v) is 6.23. The molecule has 0 saturated carbocycles. The minimum Gasteiger partial charge on any atom is -0.273 e. The van der Waals surface area contributed by atoms with Gasteiger partial charge in [-0.2, -0.15) is 0 Å². The van der Waals surface area contributed by atoms with Crippen molar-refractivity contribution in [3.05, 3.63) is 0 Å². The van der Waals surface area contributed by atoms with Gasteiger partial charge in [-0.1, -0.05) is 0 Å². The Morgan fingerprint density at radius 3 is 3.00 bits per heavy atom. The Hall–Kier alpha value is -0.280. The van der Waals surface area contributed by atoms with Crippen LogP contribution in [0.25, 0.3) is 0 Å². The van der Waals surface area contributed by atoms with Gasteiger partial charge in [0.25, 0.3) is 0 Å². The quantitative estimate of drug-likeness (QED) is 0.579. The van der Waals surface area contributed by atoms with Crippen LogP contribution in [-0.4, -0.2) is 31.1 Å². The largest absolute Gasteiger partial charge is 0.273 e. The molecule has 0 radical (unpaired) electrons. The van der Waals surface area contributed by atoms with E-state index in [1.54, 1.807) is 11.4 Å². The van der Waals surface area contributed by atoms with E-state index in [0.717, 1.165) is 19.7 Å². The molecule has 0 aliphatic carbocycles. The van der Waals surface area contributed by atoms with E-state index in [1.165, 1.54) is 0 Å². The Morgan fingerprint density at radius 2 is 2.56 bits per heavy atom. The SMILES string of the molecule is CCON1C=NCC1.Cl. The fourth-order valence-electron chi connectivity index (χ4n) is 0.627. The van der Waals surface area contributed by atoms with Gasteiger partial charge in [-0.25, -0.2) is 5.06 Å². The smallest absolute Gasteiger partial charge is 0.110 e. The summed E-state index contributed by atoms with van der Waals surface area (Å²) in [6.45, 7) is 4.48. The van der Waals surface area contributed by atoms with Crippen LogP contribution in [0.5, 0.6) is 0 Å². The number of hydrogen-bond acceptors (Lipinski definition) is 3. The van der Waals surface area contributed by atoms with Crippen molar-refractivity contribution >= 4 is 18.7 Å². The van der Waals surface area contributed by atoms with Crippen molar-refractivity contribution in [1.82, 2.24) is 5.06 Å². The molecular formula is C5H11ClN2O. The van der Waals surface area contributed by atoms with Crippen LogP contribution in [0.1, 0.15) is 6.92 Å². The zero-order valence-electron chi connectivity index (χ0n) is 5.41. The average Bonchev–Trinajstić information content (AvgIpc) is 2.19. The molecule has 0 aromatic carbocycles. The van der Waals surface area contributed by atoms with Crippen LogP contribution in [-0.2, 0) is 4.84 Å². The molecule has 0 bridgehead atoms. The molecule has 0 atom stereocenters. The number of nitrogens with zero attached hydrogens (tertiary/aromatic N) is 2. The van der Waals surface area contributed by atoms with E-state index >= 15 is 0 Å². The van der Waals surface area contributed by atoms with E-state index in [4.69, 9.17) is 4.84 Å². The van der Waals surface area contributed by atoms with Gasteiger partial charge in [0.2, 0.25) is 0 Å². The Labute approximate surface area is 61.1 Å². The lowest BCUT2D eigenvalue weighted by Gasteiger charge is -2.10. The lowest BCUT2D eigenvalue weighted by Crippen LogP contribution is -2.19. The Morgan fingerprint density at radius 1 is 1.78 bits per heavy atom. The van der Waals surface area contributed by atoms with Gasteiger partial charge >= 0.3 is 0 Å². The van der Waals surface area contributed by atoms with Crippen LogP contribution in [0.15, 0.2) is 4.99 Å². The van der Waals surface area contributed by atoms with E-state index in [0.29, 0.717) is 0 Å². The average molecular weight is 151 g/mol. The number of hydroxylamine groups is 2. The second kappa shape index (κ2) is 4.58. The lowest BCUT2D eigenvalue weighted by molar-refractivity contribution is -0.0802. The van der Waals surface area contributed by atoms with Crippen molar-refractivity contribution < 1.29 is 4.84 Å². The van der Waals surface area contributed by atoms with Crippen molar-refractivity contribution in [2.24, 2.45) is 4.99 Å². The first-order valence-corrected chi connectivity index (χ1v) is 2.83. The molecule has 0 aromatic rings. The molecule has 0 fully saturated rings. The number of halogens is 1. The van der Waals surface area contributed by atoms with Gasteiger partial charge in [0.15, 0.2) is 0 Å². The highest BCUT2D eigenvalue weighted by atomic mass is 35.5. The van der Waals surface area contributed by atoms with Crippen molar-refractivity contribution in [3.63, 3.8) is 0 Å². The van der Waals surface area contributed by atoms with Crippen molar-refractivity contribution in [3.8, 4) is 0 Å². The molecule has 0 amide bonds. The van der Waals surface area contributed by atoms with Crippen LogP contribution in [0.4, 0.5) is 0 Å². The summed E-state index contributed by atoms with van der Waals surface area (Å²) in [6, 6.07) is 0. The third-order valence-electron chi connectivity index (χ3n) is 0.955. The van der Waals surface area contributed by atoms with Crippen LogP contribution < -0.4 is 0 Å². The lowest BCUT2D eigenvalue weighted by atomic mass is 10.7. The fraction of sp³-hybridized carbons (Fsp3) is 0.800. The third-order valence-corrected chi connectivity index (χ3v) is 0.955. The van der Waals surface area contributed by atoms with Crippen LogP contribution in [0, 0.1) is 0 Å². The van der Waals surface area contributed by atoms with E-state index in [1.807, 2.05) is 6.92 Å². The third kappa shape index (κ3) is 2.67. The molecule has 0 spiro atoms. The molecule has 0 N–H and O–H groups in total. The first-order valence-electron chi connectivity index (χ1n) is 2.83. The molecule has 3 nitrogen and oxygen atoms in total. The van der Waals surface area contributed by atoms with Gasteiger partial charge in [-0.05, 0) is 6.92 Å². The van der Waals surface area contributed by atoms with Crippen molar-refractivity contribution in [1.29, 1.82) is 0 Å². The number of rotatable bonds is 2. The molecule has 0 unspecified atom stereocenters. The summed E-state index contributed by atoms with van der Waals surface area (Å²) in [5.74, 6) is 0. The normalized spacial score (nSPS) is 15.9. The van der Waals surface area contributed by atoms with Crippen molar-refractivity contribution in [2.45, 2.75) is 6.92 Å². The highest BCUT2D eigenvalue weighted by Crippen LogP contribution is 1.92. The maximum Gasteiger partial charge on any atom is 0.110 e. The van der Waals surface area contributed by atoms with Gasteiger partial charge in [0.1, 0.15) is 6.34 Å². The summed E-state index contributed by atoms with van der Waals surface area (Å²) in [4.78, 5) is 9.05. The second-order valence-corrected chi connectivity index (χ2v) is 1.58. The molecule has 1 rings (SSSR count). The minimum atomic E-state index is 0. The standard InChI is InChI=1S/C5H10N2O.ClH/c1-2-8-7-4-3-6-5-7;/h5H,2-4H2,1H3;1H. The van der Waals surface area contributed by atoms with Gasteiger partial charge in [0, 0.05) is 0 Å². The monoisotopic (exact) mass is 150 g/mol. The summed E-state index contributed by atoms with van der Waals surface area (Å²) in [7, 11) is 0.